The van der Waals surface area contributed by atoms with Gasteiger partial charge in [0.15, 0.2) is 17.5 Å². The van der Waals surface area contributed by atoms with Crippen molar-refractivity contribution in [2.24, 2.45) is 4.99 Å². The van der Waals surface area contributed by atoms with Crippen LogP contribution in [0.3, 0.4) is 0 Å². The van der Waals surface area contributed by atoms with Gasteiger partial charge in [-0.3, -0.25) is 0 Å². The molecule has 0 radical (unpaired) electrons. The lowest BCUT2D eigenvalue weighted by atomic mass is 10.2. The number of methoxy groups -OCH3 is 3. The molecule has 0 spiro atoms. The van der Waals surface area contributed by atoms with Crippen molar-refractivity contribution < 1.29 is 14.2 Å². The summed E-state index contributed by atoms with van der Waals surface area (Å²) in [6.07, 6.45) is 0. The molecule has 0 aliphatic rings. The van der Waals surface area contributed by atoms with E-state index in [0.29, 0.717) is 29.8 Å². The van der Waals surface area contributed by atoms with Crippen molar-refractivity contribution in [1.29, 1.82) is 0 Å². The molecule has 0 aliphatic carbocycles. The molecular weight excluding hydrogens is 459 g/mol. The van der Waals surface area contributed by atoms with Crippen LogP contribution < -0.4 is 24.8 Å². The topological polar surface area (TPSA) is 67.4 Å². The fourth-order valence-electron chi connectivity index (χ4n) is 2.35. The van der Waals surface area contributed by atoms with Crippen molar-refractivity contribution in [3.8, 4) is 17.2 Å². The molecule has 27 heavy (non-hydrogen) atoms. The van der Waals surface area contributed by atoms with E-state index in [1.807, 2.05) is 12.1 Å². The van der Waals surface area contributed by atoms with Gasteiger partial charge in [0.1, 0.15) is 0 Å². The summed E-state index contributed by atoms with van der Waals surface area (Å²) >= 11 is 0. The minimum Gasteiger partial charge on any atom is -0.493 e. The van der Waals surface area contributed by atoms with Gasteiger partial charge in [-0.15, -0.1) is 24.0 Å². The lowest BCUT2D eigenvalue weighted by Crippen LogP contribution is -2.42. The summed E-state index contributed by atoms with van der Waals surface area (Å²) in [5.41, 5.74) is 0.982. The zero-order valence-electron chi connectivity index (χ0n) is 17.6. The van der Waals surface area contributed by atoms with Gasteiger partial charge in [-0.2, -0.15) is 0 Å². The van der Waals surface area contributed by atoms with Crippen molar-refractivity contribution in [3.05, 3.63) is 17.7 Å². The summed E-state index contributed by atoms with van der Waals surface area (Å²) in [7, 11) is 6.94. The van der Waals surface area contributed by atoms with Crippen LogP contribution in [0.2, 0.25) is 0 Å². The van der Waals surface area contributed by atoms with E-state index < -0.39 is 0 Å². The third-order valence-electron chi connectivity index (χ3n) is 4.13. The van der Waals surface area contributed by atoms with Gasteiger partial charge in [0.25, 0.3) is 0 Å². The van der Waals surface area contributed by atoms with Crippen LogP contribution in [0.4, 0.5) is 0 Å². The molecule has 1 rings (SSSR count). The smallest absolute Gasteiger partial charge is 0.203 e. The average Bonchev–Trinajstić information content (AvgIpc) is 2.64. The van der Waals surface area contributed by atoms with Gasteiger partial charge in [-0.05, 0) is 45.5 Å². The lowest BCUT2D eigenvalue weighted by molar-refractivity contribution is 0.278. The van der Waals surface area contributed by atoms with Gasteiger partial charge >= 0.3 is 0 Å². The lowest BCUT2D eigenvalue weighted by Gasteiger charge is -2.21. The molecule has 1 aromatic rings. The number of likely N-dealkylation sites (N-methyl/N-ethyl adjacent to an activating group) is 1. The number of ether oxygens (including phenoxy) is 3. The SMILES string of the molecule is CCNC(=NCc1cc(OC)c(OC)c(OC)c1)NCCN(C)C(C)C.I. The van der Waals surface area contributed by atoms with E-state index >= 15 is 0 Å². The first-order chi connectivity index (χ1) is 12.5. The van der Waals surface area contributed by atoms with Crippen LogP contribution in [0.1, 0.15) is 26.3 Å². The Morgan fingerprint density at radius 2 is 1.67 bits per heavy atom. The van der Waals surface area contributed by atoms with E-state index in [-0.39, 0.29) is 24.0 Å². The summed E-state index contributed by atoms with van der Waals surface area (Å²) in [4.78, 5) is 6.94. The number of nitrogens with one attached hydrogen (secondary N) is 2. The van der Waals surface area contributed by atoms with E-state index in [0.717, 1.165) is 31.2 Å². The number of nitrogens with zero attached hydrogens (tertiary/aromatic N) is 2. The second-order valence-corrected chi connectivity index (χ2v) is 6.23. The second kappa shape index (κ2) is 13.7. The minimum absolute atomic E-state index is 0. The van der Waals surface area contributed by atoms with Crippen molar-refractivity contribution in [2.45, 2.75) is 33.4 Å². The largest absolute Gasteiger partial charge is 0.493 e. The molecule has 0 fully saturated rings. The van der Waals surface area contributed by atoms with Crippen LogP contribution in [-0.4, -0.2) is 64.9 Å². The van der Waals surface area contributed by atoms with Crippen LogP contribution in [-0.2, 0) is 6.54 Å². The monoisotopic (exact) mass is 494 g/mol. The molecule has 0 aliphatic heterocycles. The maximum Gasteiger partial charge on any atom is 0.203 e. The van der Waals surface area contributed by atoms with Crippen LogP contribution >= 0.6 is 24.0 Å². The predicted octanol–water partition coefficient (Wildman–Crippen LogP) is 2.73. The first-order valence-corrected chi connectivity index (χ1v) is 8.98. The molecule has 0 amide bonds. The maximum atomic E-state index is 5.40. The Morgan fingerprint density at radius 3 is 2.11 bits per heavy atom. The van der Waals surface area contributed by atoms with Gasteiger partial charge in [-0.25, -0.2) is 4.99 Å². The van der Waals surface area contributed by atoms with Crippen molar-refractivity contribution in [3.63, 3.8) is 0 Å². The van der Waals surface area contributed by atoms with Crippen LogP contribution in [0.15, 0.2) is 17.1 Å². The number of benzene rings is 1. The van der Waals surface area contributed by atoms with Crippen LogP contribution in [0, 0.1) is 0 Å². The molecule has 2 N–H and O–H groups in total. The summed E-state index contributed by atoms with van der Waals surface area (Å²) in [6.45, 7) is 9.51. The fraction of sp³-hybridized carbons (Fsp3) is 0.632. The van der Waals surface area contributed by atoms with E-state index in [9.17, 15) is 0 Å². The highest BCUT2D eigenvalue weighted by molar-refractivity contribution is 14.0. The number of hydrogen-bond acceptors (Lipinski definition) is 5. The molecule has 156 valence electrons. The number of aliphatic imine (C=N–C) groups is 1. The highest BCUT2D eigenvalue weighted by Gasteiger charge is 2.13. The van der Waals surface area contributed by atoms with Gasteiger partial charge in [0.05, 0.1) is 27.9 Å². The standard InChI is InChI=1S/C19H34N4O3.HI/c1-8-20-19(21-9-10-23(4)14(2)3)22-13-15-11-16(24-5)18(26-7)17(12-15)25-6;/h11-12,14H,8-10,13H2,1-7H3,(H2,20,21,22);1H. The molecule has 0 heterocycles. The Balaban J connectivity index is 0.00000676. The van der Waals surface area contributed by atoms with Gasteiger partial charge in [0.2, 0.25) is 5.75 Å². The molecule has 0 atom stereocenters. The molecule has 8 heteroatoms. The zero-order valence-corrected chi connectivity index (χ0v) is 19.9. The summed E-state index contributed by atoms with van der Waals surface area (Å²) in [5, 5.41) is 6.64. The van der Waals surface area contributed by atoms with Crippen LogP contribution in [0.25, 0.3) is 0 Å². The normalized spacial score (nSPS) is 11.2. The quantitative estimate of drug-likeness (QED) is 0.296. The Labute approximate surface area is 180 Å². The second-order valence-electron chi connectivity index (χ2n) is 6.23. The third kappa shape index (κ3) is 8.42. The number of halogens is 1. The molecule has 0 saturated carbocycles. The first-order valence-electron chi connectivity index (χ1n) is 8.98. The highest BCUT2D eigenvalue weighted by atomic mass is 127. The Bertz CT molecular complexity index is 557. The fourth-order valence-corrected chi connectivity index (χ4v) is 2.35. The molecular formula is C19H35IN4O3. The van der Waals surface area contributed by atoms with E-state index in [2.05, 4.69) is 48.3 Å². The number of guanidine groups is 1. The van der Waals surface area contributed by atoms with E-state index in [1.54, 1.807) is 21.3 Å². The minimum atomic E-state index is 0. The van der Waals surface area contributed by atoms with E-state index in [1.165, 1.54) is 0 Å². The van der Waals surface area contributed by atoms with Crippen molar-refractivity contribution >= 4 is 29.9 Å². The Hall–Kier alpha value is -1.42. The molecule has 1 aromatic carbocycles. The van der Waals surface area contributed by atoms with Crippen LogP contribution in [0.5, 0.6) is 17.2 Å². The summed E-state index contributed by atoms with van der Waals surface area (Å²) < 4.78 is 16.2. The molecule has 0 bridgehead atoms. The van der Waals surface area contributed by atoms with Crippen molar-refractivity contribution in [1.82, 2.24) is 15.5 Å². The Morgan fingerprint density at radius 1 is 1.07 bits per heavy atom. The molecule has 7 nitrogen and oxygen atoms in total. The van der Waals surface area contributed by atoms with Crippen molar-refractivity contribution in [2.75, 3.05) is 48.0 Å². The third-order valence-corrected chi connectivity index (χ3v) is 4.13. The van der Waals surface area contributed by atoms with Gasteiger partial charge in [-0.1, -0.05) is 0 Å². The predicted molar refractivity (Wildman–Crippen MR) is 122 cm³/mol. The summed E-state index contributed by atoms with van der Waals surface area (Å²) in [5.74, 6) is 2.64. The maximum absolute atomic E-state index is 5.40. The van der Waals surface area contributed by atoms with Gasteiger partial charge < -0.3 is 29.7 Å². The Kier molecular flexibility index (Phi) is 13.0. The average molecular weight is 494 g/mol. The van der Waals surface area contributed by atoms with Gasteiger partial charge in [0, 0.05) is 25.7 Å². The first kappa shape index (κ1) is 25.6. The molecule has 0 aromatic heterocycles. The number of hydrogen-bond donors (Lipinski definition) is 2. The summed E-state index contributed by atoms with van der Waals surface area (Å²) in [6, 6.07) is 4.36. The highest BCUT2D eigenvalue weighted by Crippen LogP contribution is 2.38. The molecule has 0 saturated heterocycles. The molecule has 0 unspecified atom stereocenters. The zero-order chi connectivity index (χ0) is 19.5. The number of rotatable bonds is 10. The van der Waals surface area contributed by atoms with E-state index in [4.69, 9.17) is 14.2 Å².